The van der Waals surface area contributed by atoms with Crippen molar-refractivity contribution in [2.75, 3.05) is 7.05 Å². The number of rotatable bonds is 9. The average molecular weight is 786 g/mol. The summed E-state index contributed by atoms with van der Waals surface area (Å²) in [5.41, 5.74) is 3.14. The van der Waals surface area contributed by atoms with E-state index in [-0.39, 0.29) is 36.9 Å². The lowest BCUT2D eigenvalue weighted by atomic mass is 9.65. The maximum absolute atomic E-state index is 13.5. The molecule has 0 bridgehead atoms. The van der Waals surface area contributed by atoms with Gasteiger partial charge in [0.1, 0.15) is 6.17 Å². The highest BCUT2D eigenvalue weighted by molar-refractivity contribution is 5.87. The topological polar surface area (TPSA) is 308 Å². The smallest absolute Gasteiger partial charge is 0.363 e. The van der Waals surface area contributed by atoms with Gasteiger partial charge in [-0.05, 0) is 65.4 Å². The first-order chi connectivity index (χ1) is 24.3. The number of hydrogen-bond donors (Lipinski definition) is 14. The molecule has 1 saturated carbocycles. The molecule has 18 nitrogen and oxygen atoms in total. The summed E-state index contributed by atoms with van der Waals surface area (Å²) in [5, 5.41) is 117. The third-order valence-corrected chi connectivity index (χ3v) is 10.9. The molecule has 3 aliphatic rings. The van der Waals surface area contributed by atoms with Crippen LogP contribution in [0.15, 0.2) is 30.3 Å². The Hall–Kier alpha value is -2.09. The first-order valence-electron chi connectivity index (χ1n) is 17.7. The minimum Gasteiger partial charge on any atom is -0.387 e. The molecule has 1 aliphatic carbocycles. The van der Waals surface area contributed by atoms with E-state index in [4.69, 9.17) is 20.4 Å². The summed E-state index contributed by atoms with van der Waals surface area (Å²) in [6.07, 6.45) is 2.54. The molecule has 1 aromatic carbocycles. The molecule has 15 N–H and O–H groups in total. The van der Waals surface area contributed by atoms with Crippen LogP contribution in [-0.2, 0) is 11.2 Å². The summed E-state index contributed by atoms with van der Waals surface area (Å²) in [6.45, 7) is 16.3. The number of halogens is 2. The zero-order chi connectivity index (χ0) is 42.4. The molecule has 3 fully saturated rings. The number of amides is 1. The number of primary amides is 1. The molecule has 6 atom stereocenters. The molecule has 314 valence electrons. The number of carbonyl (C=O) groups is 1. The Balaban J connectivity index is 0.000000395. The van der Waals surface area contributed by atoms with Gasteiger partial charge >= 0.3 is 5.92 Å². The van der Waals surface area contributed by atoms with Crippen LogP contribution in [0.3, 0.4) is 0 Å². The number of nitrogens with zero attached hydrogens (tertiary/aromatic N) is 3. The van der Waals surface area contributed by atoms with Crippen LogP contribution in [0.1, 0.15) is 80.2 Å². The lowest BCUT2D eigenvalue weighted by Crippen LogP contribution is -2.95. The molecule has 0 aromatic heterocycles. The van der Waals surface area contributed by atoms with Crippen molar-refractivity contribution >= 4 is 5.91 Å². The SMILES string of the molecule is CC.CC1CC(CC(C)N2C(C)N(C)NC2C(C)(C)O)N(C(O)(O)CCc2ccccc2)C1C.NC(=O)C1(O)C(O)(O)C(O)(O)C(F)(F)C(O)(O)C1(O)O. The lowest BCUT2D eigenvalue weighted by Gasteiger charge is -2.59. The quantitative estimate of drug-likeness (QED) is 0.111. The van der Waals surface area contributed by atoms with Crippen molar-refractivity contribution in [2.45, 2.75) is 158 Å². The van der Waals surface area contributed by atoms with E-state index < -0.39 is 52.1 Å². The number of alkyl halides is 2. The Morgan fingerprint density at radius 3 is 1.80 bits per heavy atom. The number of nitrogens with two attached hydrogens (primary N) is 1. The van der Waals surface area contributed by atoms with Crippen molar-refractivity contribution in [3.8, 4) is 0 Å². The minimum absolute atomic E-state index is 0.0568. The molecule has 54 heavy (non-hydrogen) atoms. The molecular weight excluding hydrogens is 724 g/mol. The van der Waals surface area contributed by atoms with Crippen LogP contribution in [0.4, 0.5) is 8.78 Å². The van der Waals surface area contributed by atoms with Crippen LogP contribution in [0, 0.1) is 5.92 Å². The third-order valence-electron chi connectivity index (χ3n) is 10.9. The van der Waals surface area contributed by atoms with E-state index in [9.17, 15) is 54.4 Å². The average Bonchev–Trinajstić information content (AvgIpc) is 3.53. The van der Waals surface area contributed by atoms with Crippen molar-refractivity contribution in [3.05, 3.63) is 35.9 Å². The first kappa shape index (κ1) is 48.1. The third kappa shape index (κ3) is 7.78. The number of hydrazine groups is 1. The van der Waals surface area contributed by atoms with Gasteiger partial charge in [0, 0.05) is 31.6 Å². The molecule has 1 aromatic rings. The maximum atomic E-state index is 13.5. The number of benzene rings is 1. The van der Waals surface area contributed by atoms with E-state index in [1.807, 2.05) is 75.0 Å². The Bertz CT molecular complexity index is 1380. The Kier molecular flexibility index (Phi) is 14.3. The second-order valence-corrected chi connectivity index (χ2v) is 15.1. The second kappa shape index (κ2) is 16.0. The van der Waals surface area contributed by atoms with Gasteiger partial charge in [-0.3, -0.25) is 9.69 Å². The summed E-state index contributed by atoms with van der Waals surface area (Å²) < 4.78 is 26.9. The van der Waals surface area contributed by atoms with Gasteiger partial charge in [0.15, 0.2) is 0 Å². The van der Waals surface area contributed by atoms with Crippen molar-refractivity contribution in [1.29, 1.82) is 0 Å². The van der Waals surface area contributed by atoms with Gasteiger partial charge in [-0.15, -0.1) is 0 Å². The summed E-state index contributed by atoms with van der Waals surface area (Å²) in [5.74, 6) is -30.8. The van der Waals surface area contributed by atoms with Crippen molar-refractivity contribution in [1.82, 2.24) is 20.2 Å². The predicted octanol–water partition coefficient (Wildman–Crippen LogP) is -3.07. The first-order valence-corrected chi connectivity index (χ1v) is 17.7. The van der Waals surface area contributed by atoms with E-state index in [0.717, 1.165) is 18.4 Å². The Labute approximate surface area is 313 Å². The van der Waals surface area contributed by atoms with Gasteiger partial charge in [-0.2, -0.15) is 8.78 Å². The summed E-state index contributed by atoms with van der Waals surface area (Å²) in [6, 6.07) is 10.3. The van der Waals surface area contributed by atoms with Crippen LogP contribution in [-0.4, -0.2) is 166 Å². The number of hydrogen-bond acceptors (Lipinski definition) is 17. The van der Waals surface area contributed by atoms with Gasteiger partial charge < -0.3 is 67.0 Å². The van der Waals surface area contributed by atoms with Gasteiger partial charge in [0.2, 0.25) is 5.91 Å². The monoisotopic (exact) mass is 785 g/mol. The highest BCUT2D eigenvalue weighted by Gasteiger charge is 2.94. The largest absolute Gasteiger partial charge is 0.387 e. The Morgan fingerprint density at radius 2 is 1.37 bits per heavy atom. The molecule has 6 unspecified atom stereocenters. The number of aliphatic hydroxyl groups is 12. The molecule has 1 amide bonds. The van der Waals surface area contributed by atoms with Gasteiger partial charge in [0.25, 0.3) is 34.7 Å². The minimum atomic E-state index is -5.87. The maximum Gasteiger partial charge on any atom is 0.363 e. The summed E-state index contributed by atoms with van der Waals surface area (Å²) in [7, 11) is 2.00. The van der Waals surface area contributed by atoms with Crippen LogP contribution in [0.5, 0.6) is 0 Å². The van der Waals surface area contributed by atoms with Gasteiger partial charge in [-0.1, -0.05) is 51.1 Å². The highest BCUT2D eigenvalue weighted by atomic mass is 19.3. The molecule has 0 spiro atoms. The van der Waals surface area contributed by atoms with Crippen molar-refractivity contribution in [3.63, 3.8) is 0 Å². The Morgan fingerprint density at radius 1 is 0.907 bits per heavy atom. The molecular formula is C34H61F2N5O13. The number of aryl methyl sites for hydroxylation is 1. The molecule has 4 rings (SSSR count). The van der Waals surface area contributed by atoms with Crippen molar-refractivity contribution in [2.24, 2.45) is 11.7 Å². The highest BCUT2D eigenvalue weighted by Crippen LogP contribution is 2.57. The summed E-state index contributed by atoms with van der Waals surface area (Å²) in [4.78, 5) is 15.2. The molecule has 0 radical (unpaired) electrons. The van der Waals surface area contributed by atoms with E-state index in [2.05, 4.69) is 43.8 Å². The standard InChI is InChI=1S/C25H44N4O3.C7H11F2NO10.C2H6/c1-17-15-22(16-18(2)28-20(4)27(7)26-23(28)24(5,6)30)29(19(17)3)25(31,32)14-13-21-11-9-8-10-12-21;8-3(9)6(17,18)4(13,14)2(12,1(10)11)5(15,16)7(3,19)20;1-2/h8-12,17-20,22-23,26,30-32H,13-16H2,1-7H3;12-20H,(H2,10,11);1-2H3. The molecule has 2 heterocycles. The van der Waals surface area contributed by atoms with Gasteiger partial charge in [0.05, 0.1) is 11.8 Å². The number of carbonyl (C=O) groups excluding carboxylic acids is 1. The fourth-order valence-electron chi connectivity index (χ4n) is 7.48. The fraction of sp³-hybridized carbons (Fsp3) is 0.794. The van der Waals surface area contributed by atoms with Gasteiger partial charge in [-0.25, -0.2) is 15.3 Å². The van der Waals surface area contributed by atoms with E-state index in [0.29, 0.717) is 12.3 Å². The second-order valence-electron chi connectivity index (χ2n) is 15.1. The number of likely N-dealkylation sites (tertiary alicyclic amines) is 1. The lowest BCUT2D eigenvalue weighted by molar-refractivity contribution is -0.581. The molecule has 20 heteroatoms. The van der Waals surface area contributed by atoms with Crippen LogP contribution < -0.4 is 11.2 Å². The normalized spacial score (nSPS) is 30.8. The molecule has 2 aliphatic heterocycles. The van der Waals surface area contributed by atoms with E-state index >= 15 is 0 Å². The van der Waals surface area contributed by atoms with Crippen LogP contribution >= 0.6 is 0 Å². The van der Waals surface area contributed by atoms with Crippen LogP contribution in [0.2, 0.25) is 0 Å². The predicted molar refractivity (Wildman–Crippen MR) is 186 cm³/mol. The zero-order valence-corrected chi connectivity index (χ0v) is 32.1. The van der Waals surface area contributed by atoms with Crippen LogP contribution in [0.25, 0.3) is 0 Å². The van der Waals surface area contributed by atoms with E-state index in [1.165, 1.54) is 0 Å². The van der Waals surface area contributed by atoms with E-state index in [1.54, 1.807) is 0 Å². The number of nitrogens with one attached hydrogen (secondary N) is 1. The molecule has 2 saturated heterocycles. The zero-order valence-electron chi connectivity index (χ0n) is 32.1. The fourth-order valence-corrected chi connectivity index (χ4v) is 7.48. The summed E-state index contributed by atoms with van der Waals surface area (Å²) >= 11 is 0. The van der Waals surface area contributed by atoms with Crippen molar-refractivity contribution < 1.29 is 74.9 Å².